The number of nitrogens with zero attached hydrogens (tertiary/aromatic N) is 1. The molecule has 0 radical (unpaired) electrons. The van der Waals surface area contributed by atoms with Crippen molar-refractivity contribution in [3.63, 3.8) is 0 Å². The van der Waals surface area contributed by atoms with Gasteiger partial charge in [-0.3, -0.25) is 9.69 Å². The lowest BCUT2D eigenvalue weighted by molar-refractivity contribution is -0.123. The van der Waals surface area contributed by atoms with Gasteiger partial charge >= 0.3 is 0 Å². The Balaban J connectivity index is 2.34. The van der Waals surface area contributed by atoms with E-state index in [4.69, 9.17) is 0 Å². The van der Waals surface area contributed by atoms with Crippen molar-refractivity contribution >= 4 is 5.78 Å². The summed E-state index contributed by atoms with van der Waals surface area (Å²) >= 11 is 0. The normalized spacial score (nSPS) is 23.1. The van der Waals surface area contributed by atoms with Gasteiger partial charge in [0.2, 0.25) is 0 Å². The molecule has 1 saturated carbocycles. The quantitative estimate of drug-likeness (QED) is 0.553. The largest absolute Gasteiger partial charge is 0.320 e. The van der Waals surface area contributed by atoms with Crippen molar-refractivity contribution in [3.05, 3.63) is 0 Å². The summed E-state index contributed by atoms with van der Waals surface area (Å²) in [5.41, 5.74) is 0. The zero-order chi connectivity index (χ0) is 11.1. The van der Waals surface area contributed by atoms with Gasteiger partial charge < -0.3 is 5.32 Å². The van der Waals surface area contributed by atoms with Crippen molar-refractivity contribution in [2.45, 2.75) is 44.6 Å². The molecule has 0 saturated heterocycles. The molecule has 0 aromatic rings. The lowest BCUT2D eigenvalue weighted by Crippen LogP contribution is -2.39. The highest BCUT2D eigenvalue weighted by molar-refractivity contribution is 5.84. The van der Waals surface area contributed by atoms with Gasteiger partial charge in [-0.2, -0.15) is 0 Å². The molecular formula is C12H24N2O. The molecule has 1 atom stereocenters. The van der Waals surface area contributed by atoms with E-state index in [1.165, 1.54) is 12.8 Å². The second-order valence-electron chi connectivity index (χ2n) is 4.52. The molecule has 0 bridgehead atoms. The van der Waals surface area contributed by atoms with Crippen LogP contribution in [-0.4, -0.2) is 43.9 Å². The second kappa shape index (κ2) is 6.96. The predicted octanol–water partition coefficient (Wildman–Crippen LogP) is 1.43. The first-order valence-corrected chi connectivity index (χ1v) is 6.13. The first-order chi connectivity index (χ1) is 7.25. The number of ketones is 1. The van der Waals surface area contributed by atoms with E-state index in [1.807, 2.05) is 7.05 Å². The molecule has 0 aromatic heterocycles. The van der Waals surface area contributed by atoms with Gasteiger partial charge in [-0.05, 0) is 46.4 Å². The maximum Gasteiger partial charge on any atom is 0.149 e. The first kappa shape index (κ1) is 12.7. The van der Waals surface area contributed by atoms with Crippen LogP contribution in [-0.2, 0) is 4.79 Å². The molecule has 88 valence electrons. The summed E-state index contributed by atoms with van der Waals surface area (Å²) < 4.78 is 0. The van der Waals surface area contributed by atoms with Gasteiger partial charge in [0.25, 0.3) is 0 Å². The van der Waals surface area contributed by atoms with Crippen LogP contribution < -0.4 is 5.32 Å². The molecule has 0 heterocycles. The summed E-state index contributed by atoms with van der Waals surface area (Å²) in [6, 6.07) is 0.198. The molecule has 0 amide bonds. The minimum atomic E-state index is 0.198. The van der Waals surface area contributed by atoms with Crippen molar-refractivity contribution in [1.82, 2.24) is 10.2 Å². The number of nitrogens with one attached hydrogen (secondary N) is 1. The number of hydrogen-bond acceptors (Lipinski definition) is 3. The molecule has 1 rings (SSSR count). The predicted molar refractivity (Wildman–Crippen MR) is 63.1 cm³/mol. The number of carbonyl (C=O) groups excluding carboxylic acids is 1. The van der Waals surface area contributed by atoms with E-state index in [9.17, 15) is 4.79 Å². The summed E-state index contributed by atoms with van der Waals surface area (Å²) in [6.07, 6.45) is 6.52. The average Bonchev–Trinajstić information content (AvgIpc) is 2.43. The van der Waals surface area contributed by atoms with Gasteiger partial charge in [0.1, 0.15) is 5.78 Å². The van der Waals surface area contributed by atoms with Crippen molar-refractivity contribution < 1.29 is 4.79 Å². The first-order valence-electron chi connectivity index (χ1n) is 6.13. The molecule has 3 heteroatoms. The number of carbonyl (C=O) groups is 1. The Morgan fingerprint density at radius 1 is 1.40 bits per heavy atom. The topological polar surface area (TPSA) is 32.3 Å². The van der Waals surface area contributed by atoms with Crippen LogP contribution in [0.15, 0.2) is 0 Å². The van der Waals surface area contributed by atoms with E-state index in [0.29, 0.717) is 5.78 Å². The van der Waals surface area contributed by atoms with Gasteiger partial charge in [0, 0.05) is 6.42 Å². The molecule has 15 heavy (non-hydrogen) atoms. The molecule has 1 fully saturated rings. The fourth-order valence-corrected chi connectivity index (χ4v) is 2.27. The maximum atomic E-state index is 11.8. The van der Waals surface area contributed by atoms with Crippen LogP contribution >= 0.6 is 0 Å². The van der Waals surface area contributed by atoms with Gasteiger partial charge in [0.15, 0.2) is 0 Å². The molecule has 1 aliphatic rings. The Bertz CT molecular complexity index is 194. The van der Waals surface area contributed by atoms with Crippen molar-refractivity contribution in [2.75, 3.05) is 27.2 Å². The highest BCUT2D eigenvalue weighted by Gasteiger charge is 2.23. The summed E-state index contributed by atoms with van der Waals surface area (Å²) in [7, 11) is 4.06. The van der Waals surface area contributed by atoms with E-state index in [1.54, 1.807) is 0 Å². The fourth-order valence-electron chi connectivity index (χ4n) is 2.27. The van der Waals surface area contributed by atoms with Crippen LogP contribution in [0.5, 0.6) is 0 Å². The third-order valence-electron chi connectivity index (χ3n) is 3.24. The minimum Gasteiger partial charge on any atom is -0.320 e. The zero-order valence-electron chi connectivity index (χ0n) is 10.1. The molecule has 1 unspecified atom stereocenters. The highest BCUT2D eigenvalue weighted by Crippen LogP contribution is 2.18. The van der Waals surface area contributed by atoms with Crippen molar-refractivity contribution in [2.24, 2.45) is 0 Å². The number of Topliss-reactive ketones (excluding diaryl/α,β-unsaturated/α-hetero) is 1. The van der Waals surface area contributed by atoms with Gasteiger partial charge in [-0.1, -0.05) is 12.8 Å². The van der Waals surface area contributed by atoms with Crippen LogP contribution in [0.3, 0.4) is 0 Å². The van der Waals surface area contributed by atoms with Gasteiger partial charge in [-0.25, -0.2) is 0 Å². The van der Waals surface area contributed by atoms with Gasteiger partial charge in [0.05, 0.1) is 6.04 Å². The SMILES string of the molecule is CNCCCN(C)C1CCCCCC1=O. The monoisotopic (exact) mass is 212 g/mol. The van der Waals surface area contributed by atoms with E-state index < -0.39 is 0 Å². The maximum absolute atomic E-state index is 11.8. The van der Waals surface area contributed by atoms with Crippen molar-refractivity contribution in [3.8, 4) is 0 Å². The molecule has 0 aromatic carbocycles. The van der Waals surface area contributed by atoms with E-state index in [-0.39, 0.29) is 6.04 Å². The highest BCUT2D eigenvalue weighted by atomic mass is 16.1. The Morgan fingerprint density at radius 2 is 2.20 bits per heavy atom. The summed E-state index contributed by atoms with van der Waals surface area (Å²) in [4.78, 5) is 14.1. The summed E-state index contributed by atoms with van der Waals surface area (Å²) in [5, 5.41) is 3.14. The van der Waals surface area contributed by atoms with Crippen LogP contribution in [0, 0.1) is 0 Å². The molecule has 1 N–H and O–H groups in total. The number of hydrogen-bond donors (Lipinski definition) is 1. The summed E-state index contributed by atoms with van der Waals surface area (Å²) in [5.74, 6) is 0.458. The lowest BCUT2D eigenvalue weighted by atomic mass is 10.1. The number of rotatable bonds is 5. The van der Waals surface area contributed by atoms with Gasteiger partial charge in [-0.15, -0.1) is 0 Å². The van der Waals surface area contributed by atoms with Crippen molar-refractivity contribution in [1.29, 1.82) is 0 Å². The second-order valence-corrected chi connectivity index (χ2v) is 4.52. The zero-order valence-corrected chi connectivity index (χ0v) is 10.1. The third kappa shape index (κ3) is 4.31. The lowest BCUT2D eigenvalue weighted by Gasteiger charge is -2.25. The Morgan fingerprint density at radius 3 is 2.93 bits per heavy atom. The molecule has 0 aliphatic heterocycles. The summed E-state index contributed by atoms with van der Waals surface area (Å²) in [6.45, 7) is 2.06. The van der Waals surface area contributed by atoms with Crippen LogP contribution in [0.1, 0.15) is 38.5 Å². The van der Waals surface area contributed by atoms with Crippen LogP contribution in [0.2, 0.25) is 0 Å². The molecule has 0 spiro atoms. The van der Waals surface area contributed by atoms with E-state index >= 15 is 0 Å². The minimum absolute atomic E-state index is 0.198. The van der Waals surface area contributed by atoms with E-state index in [2.05, 4.69) is 17.3 Å². The Hall–Kier alpha value is -0.410. The Labute approximate surface area is 93.2 Å². The van der Waals surface area contributed by atoms with E-state index in [0.717, 1.165) is 38.8 Å². The Kier molecular flexibility index (Phi) is 5.88. The smallest absolute Gasteiger partial charge is 0.149 e. The molecular weight excluding hydrogens is 188 g/mol. The number of likely N-dealkylation sites (N-methyl/N-ethyl adjacent to an activating group) is 1. The molecule has 3 nitrogen and oxygen atoms in total. The van der Waals surface area contributed by atoms with Crippen LogP contribution in [0.25, 0.3) is 0 Å². The third-order valence-corrected chi connectivity index (χ3v) is 3.24. The average molecular weight is 212 g/mol. The standard InChI is InChI=1S/C12H24N2O/c1-13-9-6-10-14(2)11-7-4-3-5-8-12(11)15/h11,13H,3-10H2,1-2H3. The molecule has 1 aliphatic carbocycles. The van der Waals surface area contributed by atoms with Crippen LogP contribution in [0.4, 0.5) is 0 Å². The fraction of sp³-hybridized carbons (Fsp3) is 0.917.